The highest BCUT2D eigenvalue weighted by molar-refractivity contribution is 5.39. The van der Waals surface area contributed by atoms with Gasteiger partial charge < -0.3 is 4.74 Å². The molecule has 0 heterocycles. The van der Waals surface area contributed by atoms with Crippen LogP contribution in [0, 0.1) is 0 Å². The molecule has 0 amide bonds. The molecule has 0 atom stereocenters. The van der Waals surface area contributed by atoms with Gasteiger partial charge in [-0.1, -0.05) is 39.8 Å². The third-order valence-electron chi connectivity index (χ3n) is 2.61. The van der Waals surface area contributed by atoms with Gasteiger partial charge in [0, 0.05) is 0 Å². The molecule has 1 aromatic rings. The smallest absolute Gasteiger partial charge is 0.122 e. The highest BCUT2D eigenvalue weighted by Gasteiger charge is 2.15. The minimum Gasteiger partial charge on any atom is -0.494 e. The van der Waals surface area contributed by atoms with Crippen LogP contribution < -0.4 is 4.74 Å². The summed E-state index contributed by atoms with van der Waals surface area (Å²) < 4.78 is 5.60. The van der Waals surface area contributed by atoms with Crippen LogP contribution in [0.25, 0.3) is 0 Å². The molecule has 0 radical (unpaired) electrons. The Labute approximate surface area is 93.5 Å². The molecule has 1 rings (SSSR count). The molecule has 0 spiro atoms. The zero-order valence-corrected chi connectivity index (χ0v) is 10.6. The van der Waals surface area contributed by atoms with Gasteiger partial charge in [0.1, 0.15) is 5.75 Å². The number of hydrogen-bond acceptors (Lipinski definition) is 1. The second kappa shape index (κ2) is 4.69. The van der Waals surface area contributed by atoms with Crippen molar-refractivity contribution in [1.82, 2.24) is 0 Å². The van der Waals surface area contributed by atoms with Crippen LogP contribution in [-0.2, 0) is 11.8 Å². The van der Waals surface area contributed by atoms with Gasteiger partial charge in [0.05, 0.1) is 6.61 Å². The van der Waals surface area contributed by atoms with Crippen molar-refractivity contribution in [2.24, 2.45) is 0 Å². The first-order chi connectivity index (χ1) is 6.99. The summed E-state index contributed by atoms with van der Waals surface area (Å²) in [6.45, 7) is 11.6. The number of ether oxygens (including phenoxy) is 1. The fourth-order valence-corrected chi connectivity index (χ4v) is 1.62. The number of benzene rings is 1. The van der Waals surface area contributed by atoms with Crippen LogP contribution in [0.4, 0.5) is 0 Å². The van der Waals surface area contributed by atoms with Gasteiger partial charge in [0.2, 0.25) is 0 Å². The first-order valence-corrected chi connectivity index (χ1v) is 5.75. The van der Waals surface area contributed by atoms with E-state index in [2.05, 4.69) is 45.9 Å². The summed E-state index contributed by atoms with van der Waals surface area (Å²) in [7, 11) is 0. The largest absolute Gasteiger partial charge is 0.494 e. The van der Waals surface area contributed by atoms with E-state index in [9.17, 15) is 0 Å². The molecule has 0 aliphatic heterocycles. The molecule has 1 aromatic carbocycles. The molecule has 0 unspecified atom stereocenters. The first-order valence-electron chi connectivity index (χ1n) is 5.75. The molecule has 0 N–H and O–H groups in total. The lowest BCUT2D eigenvalue weighted by molar-refractivity contribution is 0.336. The Balaban J connectivity index is 3.08. The number of aryl methyl sites for hydroxylation is 1. The molecule has 0 fully saturated rings. The van der Waals surface area contributed by atoms with E-state index in [4.69, 9.17) is 4.74 Å². The predicted molar refractivity (Wildman–Crippen MR) is 65.7 cm³/mol. The van der Waals surface area contributed by atoms with Crippen molar-refractivity contribution in [1.29, 1.82) is 0 Å². The van der Waals surface area contributed by atoms with Crippen LogP contribution >= 0.6 is 0 Å². The van der Waals surface area contributed by atoms with Crippen molar-refractivity contribution in [2.75, 3.05) is 6.61 Å². The van der Waals surface area contributed by atoms with Crippen LogP contribution in [0.1, 0.15) is 45.7 Å². The molecule has 0 aromatic heterocycles. The molecule has 0 aliphatic carbocycles. The van der Waals surface area contributed by atoms with Gasteiger partial charge in [-0.15, -0.1) is 0 Å². The average molecular weight is 206 g/mol. The van der Waals surface area contributed by atoms with Crippen molar-refractivity contribution in [3.05, 3.63) is 29.3 Å². The van der Waals surface area contributed by atoms with Crippen LogP contribution in [0.3, 0.4) is 0 Å². The third kappa shape index (κ3) is 2.98. The highest BCUT2D eigenvalue weighted by atomic mass is 16.5. The van der Waals surface area contributed by atoms with Gasteiger partial charge in [-0.2, -0.15) is 0 Å². The summed E-state index contributed by atoms with van der Waals surface area (Å²) in [4.78, 5) is 0. The van der Waals surface area contributed by atoms with E-state index in [-0.39, 0.29) is 5.41 Å². The van der Waals surface area contributed by atoms with Crippen molar-refractivity contribution in [3.63, 3.8) is 0 Å². The van der Waals surface area contributed by atoms with Crippen LogP contribution in [-0.4, -0.2) is 6.61 Å². The Morgan fingerprint density at radius 3 is 2.27 bits per heavy atom. The Morgan fingerprint density at radius 2 is 1.80 bits per heavy atom. The molecule has 0 bridgehead atoms. The fraction of sp³-hybridized carbons (Fsp3) is 0.571. The van der Waals surface area contributed by atoms with Gasteiger partial charge in [-0.3, -0.25) is 0 Å². The Bertz CT molecular complexity index is 321. The van der Waals surface area contributed by atoms with E-state index in [0.717, 1.165) is 18.8 Å². The Kier molecular flexibility index (Phi) is 3.78. The molecular weight excluding hydrogens is 184 g/mol. The zero-order chi connectivity index (χ0) is 11.5. The topological polar surface area (TPSA) is 9.23 Å². The summed E-state index contributed by atoms with van der Waals surface area (Å²) in [5.41, 5.74) is 2.90. The lowest BCUT2D eigenvalue weighted by atomic mass is 9.86. The van der Waals surface area contributed by atoms with E-state index in [1.54, 1.807) is 0 Å². The highest BCUT2D eigenvalue weighted by Crippen LogP contribution is 2.28. The normalized spacial score (nSPS) is 11.5. The van der Waals surface area contributed by atoms with E-state index >= 15 is 0 Å². The molecule has 84 valence electrons. The quantitative estimate of drug-likeness (QED) is 0.727. The maximum atomic E-state index is 5.60. The van der Waals surface area contributed by atoms with Crippen LogP contribution in [0.15, 0.2) is 18.2 Å². The summed E-state index contributed by atoms with van der Waals surface area (Å²) in [5.74, 6) is 1.04. The molecule has 0 aliphatic rings. The fourth-order valence-electron chi connectivity index (χ4n) is 1.62. The summed E-state index contributed by atoms with van der Waals surface area (Å²) in [6, 6.07) is 6.54. The van der Waals surface area contributed by atoms with Crippen molar-refractivity contribution < 1.29 is 4.74 Å². The summed E-state index contributed by atoms with van der Waals surface area (Å²) in [5, 5.41) is 0. The SMILES string of the molecule is CCOc1ccc(C(C)(C)C)cc1CC. The summed E-state index contributed by atoms with van der Waals surface area (Å²) >= 11 is 0. The standard InChI is InChI=1S/C14H22O/c1-6-11-10-12(14(3,4)5)8-9-13(11)15-7-2/h8-10H,6-7H2,1-5H3. The van der Waals surface area contributed by atoms with Gasteiger partial charge in [-0.05, 0) is 36.0 Å². The van der Waals surface area contributed by atoms with Gasteiger partial charge >= 0.3 is 0 Å². The Hall–Kier alpha value is -0.980. The lowest BCUT2D eigenvalue weighted by Crippen LogP contribution is -2.11. The van der Waals surface area contributed by atoms with Crippen molar-refractivity contribution >= 4 is 0 Å². The van der Waals surface area contributed by atoms with Crippen molar-refractivity contribution in [2.45, 2.75) is 46.5 Å². The first kappa shape index (κ1) is 12.1. The molecule has 15 heavy (non-hydrogen) atoms. The summed E-state index contributed by atoms with van der Waals surface area (Å²) in [6.07, 6.45) is 1.03. The Morgan fingerprint density at radius 1 is 1.13 bits per heavy atom. The maximum absolute atomic E-state index is 5.60. The van der Waals surface area contributed by atoms with E-state index in [0.29, 0.717) is 0 Å². The molecular formula is C14H22O. The minimum atomic E-state index is 0.217. The number of hydrogen-bond donors (Lipinski definition) is 0. The average Bonchev–Trinajstić information content (AvgIpc) is 2.17. The third-order valence-corrected chi connectivity index (χ3v) is 2.61. The second-order valence-electron chi connectivity index (χ2n) is 4.86. The second-order valence-corrected chi connectivity index (χ2v) is 4.86. The van der Waals surface area contributed by atoms with Gasteiger partial charge in [-0.25, -0.2) is 0 Å². The van der Waals surface area contributed by atoms with E-state index in [1.807, 2.05) is 6.92 Å². The van der Waals surface area contributed by atoms with Gasteiger partial charge in [0.15, 0.2) is 0 Å². The van der Waals surface area contributed by atoms with Crippen molar-refractivity contribution in [3.8, 4) is 5.75 Å². The molecule has 0 saturated heterocycles. The maximum Gasteiger partial charge on any atom is 0.122 e. The molecule has 1 heteroatoms. The lowest BCUT2D eigenvalue weighted by Gasteiger charge is -2.21. The van der Waals surface area contributed by atoms with Crippen LogP contribution in [0.2, 0.25) is 0 Å². The van der Waals surface area contributed by atoms with E-state index < -0.39 is 0 Å². The monoisotopic (exact) mass is 206 g/mol. The number of rotatable bonds is 3. The zero-order valence-electron chi connectivity index (χ0n) is 10.6. The predicted octanol–water partition coefficient (Wildman–Crippen LogP) is 3.95. The minimum absolute atomic E-state index is 0.217. The molecule has 1 nitrogen and oxygen atoms in total. The van der Waals surface area contributed by atoms with Gasteiger partial charge in [0.25, 0.3) is 0 Å². The van der Waals surface area contributed by atoms with Crippen LogP contribution in [0.5, 0.6) is 5.75 Å². The molecule has 0 saturated carbocycles. The van der Waals surface area contributed by atoms with E-state index in [1.165, 1.54) is 11.1 Å².